The molecule has 1 aromatic heterocycles. The van der Waals surface area contributed by atoms with Crippen LogP contribution in [0, 0.1) is 13.8 Å². The molecule has 7 heteroatoms. The van der Waals surface area contributed by atoms with Crippen molar-refractivity contribution in [3.05, 3.63) is 45.7 Å². The van der Waals surface area contributed by atoms with E-state index in [2.05, 4.69) is 21.0 Å². The molecule has 0 bridgehead atoms. The molecule has 1 spiro atoms. The summed E-state index contributed by atoms with van der Waals surface area (Å²) in [6.07, 6.45) is 1.71. The van der Waals surface area contributed by atoms with Crippen molar-refractivity contribution in [2.24, 2.45) is 0 Å². The van der Waals surface area contributed by atoms with Crippen LogP contribution in [-0.2, 0) is 9.47 Å². The highest BCUT2D eigenvalue weighted by atomic mass is 79.9. The number of halogens is 1. The molecule has 2 aromatic rings. The van der Waals surface area contributed by atoms with Crippen LogP contribution >= 0.6 is 15.9 Å². The van der Waals surface area contributed by atoms with Gasteiger partial charge in [0.1, 0.15) is 0 Å². The molecule has 2 aliphatic heterocycles. The molecule has 4 rings (SSSR count). The fraction of sp³-hybridized carbons (Fsp3) is 0.524. The number of nitrogens with zero attached hydrogens (tertiary/aromatic N) is 3. The number of hydrogen-bond acceptors (Lipinski definition) is 4. The van der Waals surface area contributed by atoms with Gasteiger partial charge in [-0.25, -0.2) is 4.68 Å². The molecule has 2 saturated heterocycles. The first kappa shape index (κ1) is 19.6. The van der Waals surface area contributed by atoms with E-state index in [0.717, 1.165) is 34.4 Å². The van der Waals surface area contributed by atoms with E-state index in [9.17, 15) is 4.79 Å². The molecular weight excluding hydrogens is 422 g/mol. The van der Waals surface area contributed by atoms with Gasteiger partial charge in [0.25, 0.3) is 5.91 Å². The molecule has 2 fully saturated rings. The summed E-state index contributed by atoms with van der Waals surface area (Å²) in [7, 11) is 0. The normalized spacial score (nSPS) is 21.9. The highest BCUT2D eigenvalue weighted by Crippen LogP contribution is 2.32. The second kappa shape index (κ2) is 7.61. The van der Waals surface area contributed by atoms with Crippen molar-refractivity contribution in [3.63, 3.8) is 0 Å². The molecule has 3 heterocycles. The lowest BCUT2D eigenvalue weighted by Crippen LogP contribution is -2.58. The van der Waals surface area contributed by atoms with E-state index < -0.39 is 0 Å². The quantitative estimate of drug-likeness (QED) is 0.704. The van der Waals surface area contributed by atoms with Crippen LogP contribution in [-0.4, -0.2) is 58.6 Å². The van der Waals surface area contributed by atoms with Crippen LogP contribution in [0.25, 0.3) is 5.69 Å². The maximum Gasteiger partial charge on any atom is 0.254 e. The van der Waals surface area contributed by atoms with Crippen molar-refractivity contribution >= 4 is 21.8 Å². The second-order valence-electron chi connectivity index (χ2n) is 7.85. The Labute approximate surface area is 173 Å². The molecule has 1 atom stereocenters. The number of hydrogen-bond donors (Lipinski definition) is 0. The van der Waals surface area contributed by atoms with Crippen LogP contribution in [0.3, 0.4) is 0 Å². The molecule has 6 nitrogen and oxygen atoms in total. The lowest BCUT2D eigenvalue weighted by Gasteiger charge is -2.47. The molecule has 150 valence electrons. The zero-order valence-electron chi connectivity index (χ0n) is 16.6. The average Bonchev–Trinajstić information content (AvgIpc) is 2.95. The first-order valence-electron chi connectivity index (χ1n) is 9.75. The highest BCUT2D eigenvalue weighted by Gasteiger charge is 2.42. The molecule has 0 N–H and O–H groups in total. The minimum atomic E-state index is -0.262. The zero-order valence-corrected chi connectivity index (χ0v) is 18.2. The number of ether oxygens (including phenoxy) is 2. The third-order valence-electron chi connectivity index (χ3n) is 5.66. The highest BCUT2D eigenvalue weighted by molar-refractivity contribution is 9.10. The maximum absolute atomic E-state index is 13.2. The van der Waals surface area contributed by atoms with Gasteiger partial charge in [-0.05, 0) is 61.0 Å². The summed E-state index contributed by atoms with van der Waals surface area (Å²) < 4.78 is 14.6. The van der Waals surface area contributed by atoms with Crippen LogP contribution in [0.2, 0.25) is 0 Å². The van der Waals surface area contributed by atoms with E-state index in [1.54, 1.807) is 0 Å². The Balaban J connectivity index is 1.53. The third-order valence-corrected chi connectivity index (χ3v) is 6.81. The Hall–Kier alpha value is -1.70. The minimum absolute atomic E-state index is 0.0297. The molecule has 0 saturated carbocycles. The number of amides is 1. The van der Waals surface area contributed by atoms with Gasteiger partial charge in [-0.3, -0.25) is 4.79 Å². The Morgan fingerprint density at radius 3 is 2.50 bits per heavy atom. The summed E-state index contributed by atoms with van der Waals surface area (Å²) in [6, 6.07) is 7.68. The van der Waals surface area contributed by atoms with Gasteiger partial charge in [0.05, 0.1) is 39.8 Å². The third kappa shape index (κ3) is 3.63. The average molecular weight is 448 g/mol. The number of morpholine rings is 1. The predicted molar refractivity (Wildman–Crippen MR) is 110 cm³/mol. The van der Waals surface area contributed by atoms with E-state index in [0.29, 0.717) is 31.9 Å². The summed E-state index contributed by atoms with van der Waals surface area (Å²) in [6.45, 7) is 8.67. The summed E-state index contributed by atoms with van der Waals surface area (Å²) in [5, 5.41) is 4.56. The molecule has 1 amide bonds. The number of carbonyl (C=O) groups is 1. The fourth-order valence-electron chi connectivity index (χ4n) is 4.20. The number of carbonyl (C=O) groups excluding carboxylic acids is 1. The van der Waals surface area contributed by atoms with E-state index in [-0.39, 0.29) is 17.6 Å². The van der Waals surface area contributed by atoms with E-state index in [1.165, 1.54) is 0 Å². The molecular formula is C21H26BrN3O3. The van der Waals surface area contributed by atoms with E-state index in [4.69, 9.17) is 9.47 Å². The lowest BCUT2D eigenvalue weighted by atomic mass is 9.91. The summed E-state index contributed by atoms with van der Waals surface area (Å²) in [5.74, 6) is 0.0575. The van der Waals surface area contributed by atoms with Crippen LogP contribution in [0.15, 0.2) is 28.7 Å². The maximum atomic E-state index is 13.2. The van der Waals surface area contributed by atoms with Crippen molar-refractivity contribution in [2.75, 3.05) is 26.3 Å². The fourth-order valence-corrected chi connectivity index (χ4v) is 4.45. The number of aromatic nitrogens is 2. The van der Waals surface area contributed by atoms with Gasteiger partial charge in [-0.2, -0.15) is 5.10 Å². The van der Waals surface area contributed by atoms with Crippen molar-refractivity contribution < 1.29 is 14.3 Å². The minimum Gasteiger partial charge on any atom is -0.381 e. The van der Waals surface area contributed by atoms with Crippen molar-refractivity contribution in [2.45, 2.75) is 45.3 Å². The van der Waals surface area contributed by atoms with Crippen LogP contribution in [0.1, 0.15) is 41.5 Å². The van der Waals surface area contributed by atoms with Crippen molar-refractivity contribution in [1.29, 1.82) is 0 Å². The number of aryl methyl sites for hydroxylation is 1. The van der Waals surface area contributed by atoms with Crippen LogP contribution < -0.4 is 0 Å². The smallest absolute Gasteiger partial charge is 0.254 e. The predicted octanol–water partition coefficient (Wildman–Crippen LogP) is 3.66. The van der Waals surface area contributed by atoms with Crippen LogP contribution in [0.4, 0.5) is 0 Å². The van der Waals surface area contributed by atoms with Gasteiger partial charge in [0, 0.05) is 38.2 Å². The molecule has 1 aromatic carbocycles. The largest absolute Gasteiger partial charge is 0.381 e. The SMILES string of the molecule is Cc1nn(-c2ccc(C(=O)N3C[C@H](C)OC4(CCOCC4)C3)cc2)c(C)c1Br. The standard InChI is InChI=1S/C21H26BrN3O3/c1-14-12-24(13-21(28-14)8-10-27-11-9-21)20(26)17-4-6-18(7-5-17)25-16(3)19(22)15(2)23-25/h4-7,14H,8-13H2,1-3H3/t14-/m0/s1. The molecule has 0 unspecified atom stereocenters. The van der Waals surface area contributed by atoms with Gasteiger partial charge < -0.3 is 14.4 Å². The summed E-state index contributed by atoms with van der Waals surface area (Å²) in [5.41, 5.74) is 3.36. The first-order valence-corrected chi connectivity index (χ1v) is 10.5. The Kier molecular flexibility index (Phi) is 5.33. The Bertz CT molecular complexity index is 872. The van der Waals surface area contributed by atoms with Crippen LogP contribution in [0.5, 0.6) is 0 Å². The van der Waals surface area contributed by atoms with Crippen molar-refractivity contribution in [3.8, 4) is 5.69 Å². The molecule has 0 aliphatic carbocycles. The molecule has 2 aliphatic rings. The van der Waals surface area contributed by atoms with Gasteiger partial charge >= 0.3 is 0 Å². The summed E-state index contributed by atoms with van der Waals surface area (Å²) in [4.78, 5) is 15.1. The Morgan fingerprint density at radius 2 is 1.89 bits per heavy atom. The van der Waals surface area contributed by atoms with Gasteiger partial charge in [0.15, 0.2) is 0 Å². The van der Waals surface area contributed by atoms with Crippen molar-refractivity contribution in [1.82, 2.24) is 14.7 Å². The second-order valence-corrected chi connectivity index (χ2v) is 8.65. The zero-order chi connectivity index (χ0) is 19.9. The topological polar surface area (TPSA) is 56.6 Å². The van der Waals surface area contributed by atoms with E-state index in [1.807, 2.05) is 54.6 Å². The lowest BCUT2D eigenvalue weighted by molar-refractivity contribution is -0.176. The number of rotatable bonds is 2. The molecule has 28 heavy (non-hydrogen) atoms. The van der Waals surface area contributed by atoms with Gasteiger partial charge in [0.2, 0.25) is 0 Å². The Morgan fingerprint density at radius 1 is 1.21 bits per heavy atom. The summed E-state index contributed by atoms with van der Waals surface area (Å²) >= 11 is 3.56. The van der Waals surface area contributed by atoms with E-state index >= 15 is 0 Å². The van der Waals surface area contributed by atoms with Gasteiger partial charge in [-0.1, -0.05) is 0 Å². The molecule has 0 radical (unpaired) electrons. The number of benzene rings is 1. The van der Waals surface area contributed by atoms with Gasteiger partial charge in [-0.15, -0.1) is 0 Å². The first-order chi connectivity index (χ1) is 13.4. The monoisotopic (exact) mass is 447 g/mol.